The molecule has 0 bridgehead atoms. The summed E-state index contributed by atoms with van der Waals surface area (Å²) in [7, 11) is 0. The molecule has 0 aromatic heterocycles. The highest BCUT2D eigenvalue weighted by atomic mass is 35.5. The first-order valence-electron chi connectivity index (χ1n) is 7.31. The summed E-state index contributed by atoms with van der Waals surface area (Å²) in [6.07, 6.45) is 7.83. The highest BCUT2D eigenvalue weighted by molar-refractivity contribution is 5.85. The molecule has 19 heavy (non-hydrogen) atoms. The number of nitrogens with zero attached hydrogens (tertiary/aromatic N) is 1. The molecule has 1 fully saturated rings. The van der Waals surface area contributed by atoms with Crippen LogP contribution in [0.2, 0.25) is 0 Å². The van der Waals surface area contributed by atoms with Gasteiger partial charge in [0.15, 0.2) is 0 Å². The first-order valence-corrected chi connectivity index (χ1v) is 7.31. The topological polar surface area (TPSA) is 23.5 Å². The second-order valence-corrected chi connectivity index (χ2v) is 5.39. The maximum absolute atomic E-state index is 9.48. The molecule has 108 valence electrons. The molecule has 0 saturated heterocycles. The predicted molar refractivity (Wildman–Crippen MR) is 83.2 cm³/mol. The van der Waals surface area contributed by atoms with Gasteiger partial charge >= 0.3 is 0 Å². The van der Waals surface area contributed by atoms with Crippen molar-refractivity contribution in [3.05, 3.63) is 29.8 Å². The van der Waals surface area contributed by atoms with Gasteiger partial charge in [-0.2, -0.15) is 0 Å². The second-order valence-electron chi connectivity index (χ2n) is 5.39. The lowest BCUT2D eigenvalue weighted by Gasteiger charge is -2.28. The number of hydrogen-bond acceptors (Lipinski definition) is 2. The molecule has 1 aliphatic rings. The number of phenols is 1. The second kappa shape index (κ2) is 8.44. The molecular formula is C16H26ClNO. The SMILES string of the molecule is CCCN(CCc1cccc(O)c1)C1CCCC1.Cl. The largest absolute Gasteiger partial charge is 0.508 e. The molecule has 3 heteroatoms. The zero-order valence-electron chi connectivity index (χ0n) is 11.8. The van der Waals surface area contributed by atoms with Crippen LogP contribution in [0, 0.1) is 0 Å². The Labute approximate surface area is 123 Å². The van der Waals surface area contributed by atoms with E-state index in [-0.39, 0.29) is 12.4 Å². The lowest BCUT2D eigenvalue weighted by Crippen LogP contribution is -2.35. The van der Waals surface area contributed by atoms with Crippen LogP contribution in [0.15, 0.2) is 24.3 Å². The average molecular weight is 284 g/mol. The standard InChI is InChI=1S/C16H25NO.ClH/c1-2-11-17(15-7-3-4-8-15)12-10-14-6-5-9-16(18)13-14;/h5-6,9,13,15,18H,2-4,7-8,10-12H2,1H3;1H. The van der Waals surface area contributed by atoms with Gasteiger partial charge in [0.05, 0.1) is 0 Å². The van der Waals surface area contributed by atoms with Crippen molar-refractivity contribution >= 4 is 12.4 Å². The summed E-state index contributed by atoms with van der Waals surface area (Å²) in [6, 6.07) is 8.48. The Morgan fingerprint density at radius 2 is 1.95 bits per heavy atom. The van der Waals surface area contributed by atoms with Gasteiger partial charge < -0.3 is 10.0 Å². The minimum absolute atomic E-state index is 0. The minimum Gasteiger partial charge on any atom is -0.508 e. The van der Waals surface area contributed by atoms with E-state index in [0.29, 0.717) is 5.75 Å². The smallest absolute Gasteiger partial charge is 0.115 e. The van der Waals surface area contributed by atoms with Crippen LogP contribution in [0.25, 0.3) is 0 Å². The van der Waals surface area contributed by atoms with Crippen LogP contribution in [0.5, 0.6) is 5.75 Å². The van der Waals surface area contributed by atoms with E-state index in [1.807, 2.05) is 12.1 Å². The van der Waals surface area contributed by atoms with E-state index in [0.717, 1.165) is 19.0 Å². The van der Waals surface area contributed by atoms with Gasteiger partial charge in [0, 0.05) is 12.6 Å². The van der Waals surface area contributed by atoms with E-state index in [2.05, 4.69) is 17.9 Å². The predicted octanol–water partition coefficient (Wildman–Crippen LogP) is 4.01. The molecule has 2 rings (SSSR count). The van der Waals surface area contributed by atoms with E-state index in [4.69, 9.17) is 0 Å². The highest BCUT2D eigenvalue weighted by Gasteiger charge is 2.21. The van der Waals surface area contributed by atoms with Crippen LogP contribution in [0.3, 0.4) is 0 Å². The number of halogens is 1. The van der Waals surface area contributed by atoms with Crippen LogP contribution in [0.4, 0.5) is 0 Å². The summed E-state index contributed by atoms with van der Waals surface area (Å²) in [6.45, 7) is 4.60. The van der Waals surface area contributed by atoms with E-state index in [1.165, 1.54) is 44.2 Å². The molecule has 1 saturated carbocycles. The Bertz CT molecular complexity index is 364. The van der Waals surface area contributed by atoms with Crippen molar-refractivity contribution in [2.45, 2.75) is 51.5 Å². The van der Waals surface area contributed by atoms with Gasteiger partial charge in [0.2, 0.25) is 0 Å². The monoisotopic (exact) mass is 283 g/mol. The van der Waals surface area contributed by atoms with Crippen molar-refractivity contribution < 1.29 is 5.11 Å². The summed E-state index contributed by atoms with van der Waals surface area (Å²) in [5, 5.41) is 9.48. The fourth-order valence-electron chi connectivity index (χ4n) is 3.02. The van der Waals surface area contributed by atoms with Crippen molar-refractivity contribution in [1.29, 1.82) is 0 Å². The Balaban J connectivity index is 0.00000180. The molecule has 0 unspecified atom stereocenters. The Hall–Kier alpha value is -0.730. The third-order valence-corrected chi connectivity index (χ3v) is 3.95. The molecule has 0 heterocycles. The van der Waals surface area contributed by atoms with Gasteiger partial charge in [-0.1, -0.05) is 31.9 Å². The molecule has 0 spiro atoms. The van der Waals surface area contributed by atoms with E-state index >= 15 is 0 Å². The van der Waals surface area contributed by atoms with Crippen molar-refractivity contribution in [3.63, 3.8) is 0 Å². The van der Waals surface area contributed by atoms with Crippen molar-refractivity contribution in [2.24, 2.45) is 0 Å². The molecule has 1 N–H and O–H groups in total. The summed E-state index contributed by atoms with van der Waals surface area (Å²) >= 11 is 0. The van der Waals surface area contributed by atoms with Crippen molar-refractivity contribution in [2.75, 3.05) is 13.1 Å². The van der Waals surface area contributed by atoms with Crippen molar-refractivity contribution in [1.82, 2.24) is 4.90 Å². The maximum Gasteiger partial charge on any atom is 0.115 e. The van der Waals surface area contributed by atoms with Crippen LogP contribution in [-0.2, 0) is 6.42 Å². The fraction of sp³-hybridized carbons (Fsp3) is 0.625. The molecule has 0 amide bonds. The minimum atomic E-state index is 0. The lowest BCUT2D eigenvalue weighted by molar-refractivity contribution is 0.201. The Kier molecular flexibility index (Phi) is 7.25. The van der Waals surface area contributed by atoms with Gasteiger partial charge in [0.1, 0.15) is 5.75 Å². The lowest BCUT2D eigenvalue weighted by atomic mass is 10.1. The average Bonchev–Trinajstić information content (AvgIpc) is 2.88. The van der Waals surface area contributed by atoms with Crippen molar-refractivity contribution in [3.8, 4) is 5.75 Å². The van der Waals surface area contributed by atoms with Crippen LogP contribution in [0.1, 0.15) is 44.6 Å². The van der Waals surface area contributed by atoms with Gasteiger partial charge in [-0.3, -0.25) is 0 Å². The number of phenolic OH excluding ortho intramolecular Hbond substituents is 1. The van der Waals surface area contributed by atoms with E-state index < -0.39 is 0 Å². The number of hydrogen-bond donors (Lipinski definition) is 1. The molecule has 1 aromatic carbocycles. The summed E-state index contributed by atoms with van der Waals surface area (Å²) < 4.78 is 0. The number of aromatic hydroxyl groups is 1. The zero-order chi connectivity index (χ0) is 12.8. The summed E-state index contributed by atoms with van der Waals surface area (Å²) in [4.78, 5) is 2.65. The van der Waals surface area contributed by atoms with E-state index in [9.17, 15) is 5.11 Å². The Morgan fingerprint density at radius 1 is 1.21 bits per heavy atom. The Morgan fingerprint density at radius 3 is 2.58 bits per heavy atom. The number of rotatable bonds is 6. The first-order chi connectivity index (χ1) is 8.79. The quantitative estimate of drug-likeness (QED) is 0.853. The number of benzene rings is 1. The molecule has 2 nitrogen and oxygen atoms in total. The third-order valence-electron chi connectivity index (χ3n) is 3.95. The fourth-order valence-corrected chi connectivity index (χ4v) is 3.02. The van der Waals surface area contributed by atoms with Gasteiger partial charge in [-0.25, -0.2) is 0 Å². The first kappa shape index (κ1) is 16.3. The molecule has 0 aliphatic heterocycles. The maximum atomic E-state index is 9.48. The summed E-state index contributed by atoms with van der Waals surface area (Å²) in [5.74, 6) is 0.385. The molecule has 1 aliphatic carbocycles. The van der Waals surface area contributed by atoms with E-state index in [1.54, 1.807) is 6.07 Å². The van der Waals surface area contributed by atoms with Gasteiger partial charge in [0.25, 0.3) is 0 Å². The molecular weight excluding hydrogens is 258 g/mol. The van der Waals surface area contributed by atoms with Crippen LogP contribution >= 0.6 is 12.4 Å². The van der Waals surface area contributed by atoms with Crippen LogP contribution in [-0.4, -0.2) is 29.1 Å². The zero-order valence-corrected chi connectivity index (χ0v) is 12.7. The summed E-state index contributed by atoms with van der Waals surface area (Å²) in [5.41, 5.74) is 1.24. The van der Waals surface area contributed by atoms with Gasteiger partial charge in [-0.15, -0.1) is 12.4 Å². The van der Waals surface area contributed by atoms with Crippen LogP contribution < -0.4 is 0 Å². The third kappa shape index (κ3) is 5.04. The molecule has 1 aromatic rings. The molecule has 0 radical (unpaired) electrons. The normalized spacial score (nSPS) is 15.7. The molecule has 0 atom stereocenters. The highest BCUT2D eigenvalue weighted by Crippen LogP contribution is 2.24. The van der Waals surface area contributed by atoms with Gasteiger partial charge in [-0.05, 0) is 49.9 Å².